The van der Waals surface area contributed by atoms with Gasteiger partial charge >= 0.3 is 0 Å². The Hall–Kier alpha value is -4.07. The Kier molecular flexibility index (Phi) is 5.10. The fourth-order valence-corrected chi connectivity index (χ4v) is 3.98. The molecule has 0 amide bonds. The minimum absolute atomic E-state index is 0.149. The van der Waals surface area contributed by atoms with Crippen molar-refractivity contribution in [3.63, 3.8) is 0 Å². The Morgan fingerprint density at radius 3 is 2.75 bits per heavy atom. The fourth-order valence-electron chi connectivity index (χ4n) is 3.98. The topological polar surface area (TPSA) is 115 Å². The highest BCUT2D eigenvalue weighted by atomic mass is 16.1. The van der Waals surface area contributed by atoms with Crippen molar-refractivity contribution < 1.29 is 0 Å². The number of aromatic amines is 1. The first-order chi connectivity index (χ1) is 15.7. The van der Waals surface area contributed by atoms with Gasteiger partial charge in [-0.2, -0.15) is 0 Å². The Bertz CT molecular complexity index is 1450. The third kappa shape index (κ3) is 3.60. The molecule has 0 spiro atoms. The molecule has 1 aromatic carbocycles. The molecule has 1 fully saturated rings. The molecular formula is C24H23N7O. The van der Waals surface area contributed by atoms with Crippen LogP contribution >= 0.6 is 0 Å². The molecule has 32 heavy (non-hydrogen) atoms. The number of nitrogen functional groups attached to an aromatic ring is 1. The summed E-state index contributed by atoms with van der Waals surface area (Å²) in [5.74, 6) is 0.433. The van der Waals surface area contributed by atoms with Crippen LogP contribution in [0, 0.1) is 0 Å². The lowest BCUT2D eigenvalue weighted by atomic mass is 9.99. The summed E-state index contributed by atoms with van der Waals surface area (Å²) in [6.07, 6.45) is 9.63. The second-order valence-electron chi connectivity index (χ2n) is 7.77. The Morgan fingerprint density at radius 2 is 2.03 bits per heavy atom. The molecule has 6 rings (SSSR count). The van der Waals surface area contributed by atoms with Gasteiger partial charge in [0.25, 0.3) is 5.56 Å². The normalized spacial score (nSPS) is 13.2. The zero-order chi connectivity index (χ0) is 22.1. The first-order valence-corrected chi connectivity index (χ1v) is 10.6. The number of benzene rings is 1. The van der Waals surface area contributed by atoms with Gasteiger partial charge in [0.2, 0.25) is 0 Å². The second-order valence-corrected chi connectivity index (χ2v) is 7.77. The fraction of sp³-hybridized carbons (Fsp3) is 0.208. The van der Waals surface area contributed by atoms with Gasteiger partial charge in [-0.1, -0.05) is 31.2 Å². The molecule has 3 N–H and O–H groups in total. The number of hydrogen-bond donors (Lipinski definition) is 2. The number of pyridine rings is 2. The number of nitrogens with two attached hydrogens (primary N) is 1. The smallest absolute Gasteiger partial charge is 0.259 e. The number of nitrogens with zero attached hydrogens (tertiary/aromatic N) is 5. The molecule has 1 aliphatic rings. The van der Waals surface area contributed by atoms with Crippen molar-refractivity contribution in [2.75, 3.05) is 5.73 Å². The number of fused-ring (bicyclic) bond motifs is 2. The van der Waals surface area contributed by atoms with Crippen LogP contribution in [0.4, 0.5) is 5.82 Å². The van der Waals surface area contributed by atoms with E-state index < -0.39 is 0 Å². The standard InChI is InChI=1S/C19H18N2O.C5H5N5/c1-2-15-11-13-5-3-7-17(14-6-4-10-20-12-14)18(13)19(22)21(15)16-8-9-16;6-4-3-5(9-1-7-3)10-2-8-4/h3-7,10-12,16H,2,8-9H2,1H3;1-2H,(H3,6,7,8,9,10). The van der Waals surface area contributed by atoms with Gasteiger partial charge in [-0.15, -0.1) is 0 Å². The highest BCUT2D eigenvalue weighted by Crippen LogP contribution is 2.36. The molecule has 4 aromatic heterocycles. The van der Waals surface area contributed by atoms with Crippen molar-refractivity contribution in [3.8, 4) is 11.1 Å². The minimum Gasteiger partial charge on any atom is -0.382 e. The minimum atomic E-state index is 0.149. The summed E-state index contributed by atoms with van der Waals surface area (Å²) in [4.78, 5) is 31.7. The molecule has 0 saturated heterocycles. The number of nitrogens with one attached hydrogen (secondary N) is 1. The third-order valence-electron chi connectivity index (χ3n) is 5.66. The van der Waals surface area contributed by atoms with Crippen LogP contribution in [-0.4, -0.2) is 29.5 Å². The van der Waals surface area contributed by atoms with Crippen molar-refractivity contribution in [1.29, 1.82) is 0 Å². The van der Waals surface area contributed by atoms with Crippen LogP contribution in [0.25, 0.3) is 33.1 Å². The van der Waals surface area contributed by atoms with Crippen molar-refractivity contribution in [1.82, 2.24) is 29.5 Å². The number of imidazole rings is 1. The monoisotopic (exact) mass is 425 g/mol. The van der Waals surface area contributed by atoms with E-state index in [2.05, 4.69) is 37.9 Å². The SMILES string of the molecule is CCc1cc2cccc(-c3cccnc3)c2c(=O)n1C1CC1.Nc1ncnc2nc[nH]c12. The van der Waals surface area contributed by atoms with E-state index in [1.807, 2.05) is 41.1 Å². The van der Waals surface area contributed by atoms with Gasteiger partial charge in [-0.25, -0.2) is 15.0 Å². The van der Waals surface area contributed by atoms with E-state index in [0.29, 0.717) is 23.0 Å². The lowest BCUT2D eigenvalue weighted by molar-refractivity contribution is 0.670. The average molecular weight is 425 g/mol. The molecule has 1 saturated carbocycles. The molecular weight excluding hydrogens is 402 g/mol. The van der Waals surface area contributed by atoms with Crippen molar-refractivity contribution in [3.05, 3.63) is 77.5 Å². The predicted octanol–water partition coefficient (Wildman–Crippen LogP) is 3.90. The largest absolute Gasteiger partial charge is 0.382 e. The highest BCUT2D eigenvalue weighted by molar-refractivity contribution is 5.96. The second kappa shape index (κ2) is 8.22. The summed E-state index contributed by atoms with van der Waals surface area (Å²) in [6, 6.07) is 12.6. The molecule has 0 atom stereocenters. The Balaban J connectivity index is 0.000000180. The summed E-state index contributed by atoms with van der Waals surface area (Å²) < 4.78 is 2.02. The number of aryl methyl sites for hydroxylation is 1. The van der Waals surface area contributed by atoms with E-state index in [9.17, 15) is 4.79 Å². The van der Waals surface area contributed by atoms with E-state index in [4.69, 9.17) is 5.73 Å². The molecule has 8 heteroatoms. The highest BCUT2D eigenvalue weighted by Gasteiger charge is 2.27. The number of hydrogen-bond acceptors (Lipinski definition) is 6. The van der Waals surface area contributed by atoms with Crippen LogP contribution in [-0.2, 0) is 6.42 Å². The quantitative estimate of drug-likeness (QED) is 0.453. The van der Waals surface area contributed by atoms with Crippen LogP contribution in [0.3, 0.4) is 0 Å². The van der Waals surface area contributed by atoms with Crippen LogP contribution in [0.2, 0.25) is 0 Å². The van der Waals surface area contributed by atoms with Crippen molar-refractivity contribution in [2.24, 2.45) is 0 Å². The third-order valence-corrected chi connectivity index (χ3v) is 5.66. The maximum Gasteiger partial charge on any atom is 0.259 e. The molecule has 1 aliphatic carbocycles. The lowest BCUT2D eigenvalue weighted by Gasteiger charge is -2.14. The van der Waals surface area contributed by atoms with Crippen LogP contribution in [0.15, 0.2) is 66.2 Å². The summed E-state index contributed by atoms with van der Waals surface area (Å²) in [6.45, 7) is 2.12. The lowest BCUT2D eigenvalue weighted by Crippen LogP contribution is -2.23. The molecule has 5 aromatic rings. The number of aromatic nitrogens is 6. The van der Waals surface area contributed by atoms with Gasteiger partial charge in [0.15, 0.2) is 11.5 Å². The predicted molar refractivity (Wildman–Crippen MR) is 125 cm³/mol. The van der Waals surface area contributed by atoms with E-state index in [1.165, 1.54) is 12.7 Å². The molecule has 0 aliphatic heterocycles. The van der Waals surface area contributed by atoms with Crippen molar-refractivity contribution in [2.45, 2.75) is 32.2 Å². The van der Waals surface area contributed by atoms with Crippen LogP contribution in [0.1, 0.15) is 31.5 Å². The Morgan fingerprint density at radius 1 is 1.16 bits per heavy atom. The molecule has 8 nitrogen and oxygen atoms in total. The average Bonchev–Trinajstić information content (AvgIpc) is 3.54. The summed E-state index contributed by atoms with van der Waals surface area (Å²) >= 11 is 0. The summed E-state index contributed by atoms with van der Waals surface area (Å²) in [7, 11) is 0. The van der Waals surface area contributed by atoms with Gasteiger partial charge in [0, 0.05) is 29.7 Å². The van der Waals surface area contributed by atoms with Gasteiger partial charge < -0.3 is 15.3 Å². The van der Waals surface area contributed by atoms with Gasteiger partial charge in [0.05, 0.1) is 11.7 Å². The van der Waals surface area contributed by atoms with Gasteiger partial charge in [0.1, 0.15) is 11.8 Å². The molecule has 0 bridgehead atoms. The van der Waals surface area contributed by atoms with E-state index >= 15 is 0 Å². The van der Waals surface area contributed by atoms with E-state index in [0.717, 1.165) is 46.9 Å². The van der Waals surface area contributed by atoms with Crippen molar-refractivity contribution >= 4 is 27.8 Å². The summed E-state index contributed by atoms with van der Waals surface area (Å²) in [5, 5.41) is 1.85. The summed E-state index contributed by atoms with van der Waals surface area (Å²) in [5.41, 5.74) is 10.0. The molecule has 4 heterocycles. The van der Waals surface area contributed by atoms with Gasteiger partial charge in [-0.3, -0.25) is 9.78 Å². The van der Waals surface area contributed by atoms with Crippen LogP contribution < -0.4 is 11.3 Å². The zero-order valence-electron chi connectivity index (χ0n) is 17.7. The maximum absolute atomic E-state index is 13.1. The van der Waals surface area contributed by atoms with E-state index in [-0.39, 0.29) is 5.56 Å². The van der Waals surface area contributed by atoms with E-state index in [1.54, 1.807) is 6.20 Å². The number of rotatable bonds is 3. The first kappa shape index (κ1) is 19.9. The first-order valence-electron chi connectivity index (χ1n) is 10.6. The molecule has 0 radical (unpaired) electrons. The number of H-pyrrole nitrogens is 1. The molecule has 0 unspecified atom stereocenters. The number of anilines is 1. The maximum atomic E-state index is 13.1. The zero-order valence-corrected chi connectivity index (χ0v) is 17.7. The van der Waals surface area contributed by atoms with Gasteiger partial charge in [-0.05, 0) is 42.3 Å². The Labute approximate surface area is 184 Å². The van der Waals surface area contributed by atoms with Crippen LogP contribution in [0.5, 0.6) is 0 Å². The molecule has 160 valence electrons.